The zero-order valence-corrected chi connectivity index (χ0v) is 14.7. The Morgan fingerprint density at radius 3 is 2.50 bits per heavy atom. The van der Waals surface area contributed by atoms with Crippen LogP contribution < -0.4 is 10.2 Å². The molecule has 1 unspecified atom stereocenters. The molecule has 1 aromatic rings. The predicted octanol–water partition coefficient (Wildman–Crippen LogP) is 2.90. The number of anilines is 1. The Morgan fingerprint density at radius 2 is 1.95 bits per heavy atom. The van der Waals surface area contributed by atoms with E-state index in [0.717, 1.165) is 26.2 Å². The monoisotopic (exact) mass is 298 g/mol. The minimum absolute atomic E-state index is 0.395. The molecular weight excluding hydrogens is 268 g/mol. The summed E-state index contributed by atoms with van der Waals surface area (Å²) in [6.07, 6.45) is 1.18. The van der Waals surface area contributed by atoms with Gasteiger partial charge in [0.05, 0.1) is 5.69 Å². The molecule has 1 atom stereocenters. The van der Waals surface area contributed by atoms with Gasteiger partial charge in [-0.2, -0.15) is 0 Å². The molecule has 1 rings (SSSR count). The van der Waals surface area contributed by atoms with Gasteiger partial charge in [0, 0.05) is 24.0 Å². The standard InChI is InChI=1S/C15H30N4S/c1-7-16-12(3)14-13(4)17-15(20-14)19(8-2)11-9-10-18(5)6/h12,16H,7-11H2,1-6H3. The maximum absolute atomic E-state index is 4.77. The lowest BCUT2D eigenvalue weighted by atomic mass is 10.2. The molecule has 116 valence electrons. The Bertz CT molecular complexity index is 389. The average Bonchev–Trinajstić information content (AvgIpc) is 2.76. The van der Waals surface area contributed by atoms with Crippen molar-refractivity contribution in [3.8, 4) is 0 Å². The largest absolute Gasteiger partial charge is 0.348 e. The lowest BCUT2D eigenvalue weighted by molar-refractivity contribution is 0.400. The molecule has 0 radical (unpaired) electrons. The highest BCUT2D eigenvalue weighted by Crippen LogP contribution is 2.30. The third kappa shape index (κ3) is 5.04. The normalized spacial score (nSPS) is 12.9. The number of hydrogen-bond donors (Lipinski definition) is 1. The molecule has 1 aromatic heterocycles. The van der Waals surface area contributed by atoms with Crippen LogP contribution in [0.5, 0.6) is 0 Å². The van der Waals surface area contributed by atoms with Gasteiger partial charge in [-0.25, -0.2) is 4.98 Å². The summed E-state index contributed by atoms with van der Waals surface area (Å²) in [5.41, 5.74) is 1.17. The Balaban J connectivity index is 2.70. The number of rotatable bonds is 9. The number of thiazole rings is 1. The lowest BCUT2D eigenvalue weighted by Crippen LogP contribution is -2.26. The number of aromatic nitrogens is 1. The molecule has 1 heterocycles. The van der Waals surface area contributed by atoms with Gasteiger partial charge in [-0.05, 0) is 54.4 Å². The van der Waals surface area contributed by atoms with Crippen molar-refractivity contribution in [2.45, 2.75) is 40.2 Å². The SMILES string of the molecule is CCNC(C)c1sc(N(CC)CCCN(C)C)nc1C. The third-order valence-electron chi connectivity index (χ3n) is 3.41. The van der Waals surface area contributed by atoms with Gasteiger partial charge in [0.15, 0.2) is 5.13 Å². The highest BCUT2D eigenvalue weighted by atomic mass is 32.1. The highest BCUT2D eigenvalue weighted by Gasteiger charge is 2.16. The van der Waals surface area contributed by atoms with E-state index >= 15 is 0 Å². The third-order valence-corrected chi connectivity index (χ3v) is 4.81. The van der Waals surface area contributed by atoms with E-state index in [1.165, 1.54) is 22.1 Å². The van der Waals surface area contributed by atoms with Gasteiger partial charge < -0.3 is 15.1 Å². The lowest BCUT2D eigenvalue weighted by Gasteiger charge is -2.20. The topological polar surface area (TPSA) is 31.4 Å². The summed E-state index contributed by atoms with van der Waals surface area (Å²) < 4.78 is 0. The smallest absolute Gasteiger partial charge is 0.185 e. The van der Waals surface area contributed by atoms with Crippen molar-refractivity contribution >= 4 is 16.5 Å². The maximum Gasteiger partial charge on any atom is 0.185 e. The van der Waals surface area contributed by atoms with E-state index in [-0.39, 0.29) is 0 Å². The van der Waals surface area contributed by atoms with Gasteiger partial charge in [0.2, 0.25) is 0 Å². The number of aryl methyl sites for hydroxylation is 1. The van der Waals surface area contributed by atoms with Gasteiger partial charge >= 0.3 is 0 Å². The van der Waals surface area contributed by atoms with Crippen molar-refractivity contribution in [3.05, 3.63) is 10.6 Å². The molecule has 0 aliphatic heterocycles. The molecule has 0 amide bonds. The number of hydrogen-bond acceptors (Lipinski definition) is 5. The Kier molecular flexibility index (Phi) is 7.48. The second-order valence-electron chi connectivity index (χ2n) is 5.46. The quantitative estimate of drug-likeness (QED) is 0.759. The first kappa shape index (κ1) is 17.4. The van der Waals surface area contributed by atoms with E-state index in [2.05, 4.69) is 56.9 Å². The van der Waals surface area contributed by atoms with Crippen molar-refractivity contribution in [3.63, 3.8) is 0 Å². The Morgan fingerprint density at radius 1 is 1.25 bits per heavy atom. The van der Waals surface area contributed by atoms with Crippen LogP contribution >= 0.6 is 11.3 Å². The first-order valence-corrected chi connectivity index (χ1v) is 8.41. The van der Waals surface area contributed by atoms with E-state index in [0.29, 0.717) is 6.04 Å². The van der Waals surface area contributed by atoms with E-state index in [1.54, 1.807) is 0 Å². The Hall–Kier alpha value is -0.650. The van der Waals surface area contributed by atoms with E-state index in [9.17, 15) is 0 Å². The van der Waals surface area contributed by atoms with Crippen LogP contribution in [0.2, 0.25) is 0 Å². The zero-order valence-electron chi connectivity index (χ0n) is 13.9. The second kappa shape index (κ2) is 8.60. The molecule has 5 heteroatoms. The second-order valence-corrected chi connectivity index (χ2v) is 6.47. The van der Waals surface area contributed by atoms with E-state index in [1.807, 2.05) is 11.3 Å². The summed E-state index contributed by atoms with van der Waals surface area (Å²) in [7, 11) is 4.25. The van der Waals surface area contributed by atoms with Crippen molar-refractivity contribution in [2.75, 3.05) is 45.2 Å². The molecule has 4 nitrogen and oxygen atoms in total. The minimum atomic E-state index is 0.395. The van der Waals surface area contributed by atoms with Crippen LogP contribution in [0.4, 0.5) is 5.13 Å². The van der Waals surface area contributed by atoms with Crippen molar-refractivity contribution in [1.82, 2.24) is 15.2 Å². The van der Waals surface area contributed by atoms with Crippen molar-refractivity contribution in [1.29, 1.82) is 0 Å². The summed E-state index contributed by atoms with van der Waals surface area (Å²) in [6.45, 7) is 12.9. The minimum Gasteiger partial charge on any atom is -0.348 e. The summed E-state index contributed by atoms with van der Waals surface area (Å²) >= 11 is 1.84. The highest BCUT2D eigenvalue weighted by molar-refractivity contribution is 7.15. The fraction of sp³-hybridized carbons (Fsp3) is 0.800. The molecule has 20 heavy (non-hydrogen) atoms. The zero-order chi connectivity index (χ0) is 15.1. The molecular formula is C15H30N4S. The summed E-state index contributed by atoms with van der Waals surface area (Å²) in [5, 5.41) is 4.65. The molecule has 0 saturated carbocycles. The number of nitrogens with one attached hydrogen (secondary N) is 1. The van der Waals surface area contributed by atoms with Crippen LogP contribution in [0.3, 0.4) is 0 Å². The molecule has 0 aliphatic rings. The fourth-order valence-corrected chi connectivity index (χ4v) is 3.48. The van der Waals surface area contributed by atoms with Crippen LogP contribution in [-0.2, 0) is 0 Å². The summed E-state index contributed by atoms with van der Waals surface area (Å²) in [6, 6.07) is 0.395. The predicted molar refractivity (Wildman–Crippen MR) is 90.0 cm³/mol. The summed E-state index contributed by atoms with van der Waals surface area (Å²) in [5.74, 6) is 0. The van der Waals surface area contributed by atoms with Crippen molar-refractivity contribution < 1.29 is 0 Å². The summed E-state index contributed by atoms with van der Waals surface area (Å²) in [4.78, 5) is 10.8. The van der Waals surface area contributed by atoms with E-state index in [4.69, 9.17) is 4.98 Å². The molecule has 0 spiro atoms. The molecule has 0 bridgehead atoms. The first-order valence-electron chi connectivity index (χ1n) is 7.59. The van der Waals surface area contributed by atoms with Gasteiger partial charge in [-0.1, -0.05) is 6.92 Å². The first-order chi connectivity index (χ1) is 9.49. The van der Waals surface area contributed by atoms with Gasteiger partial charge in [-0.15, -0.1) is 11.3 Å². The van der Waals surface area contributed by atoms with Gasteiger partial charge in [-0.3, -0.25) is 0 Å². The number of nitrogens with zero attached hydrogens (tertiary/aromatic N) is 3. The molecule has 1 N–H and O–H groups in total. The van der Waals surface area contributed by atoms with Crippen molar-refractivity contribution in [2.24, 2.45) is 0 Å². The van der Waals surface area contributed by atoms with Crippen LogP contribution in [0.25, 0.3) is 0 Å². The van der Waals surface area contributed by atoms with Crippen LogP contribution in [0.1, 0.15) is 43.8 Å². The molecule has 0 saturated heterocycles. The molecule has 0 aromatic carbocycles. The average molecular weight is 298 g/mol. The molecule has 0 aliphatic carbocycles. The fourth-order valence-electron chi connectivity index (χ4n) is 2.30. The van der Waals surface area contributed by atoms with Crippen LogP contribution in [0.15, 0.2) is 0 Å². The van der Waals surface area contributed by atoms with Crippen LogP contribution in [0, 0.1) is 6.92 Å². The maximum atomic E-state index is 4.77. The van der Waals surface area contributed by atoms with Gasteiger partial charge in [0.25, 0.3) is 0 Å². The van der Waals surface area contributed by atoms with E-state index < -0.39 is 0 Å². The van der Waals surface area contributed by atoms with Gasteiger partial charge in [0.1, 0.15) is 0 Å². The van der Waals surface area contributed by atoms with Crippen LogP contribution in [-0.4, -0.2) is 50.2 Å². The molecule has 0 fully saturated rings. The Labute approximate surface area is 128 Å².